The van der Waals surface area contributed by atoms with Gasteiger partial charge in [0, 0.05) is 19.2 Å². The molecular formula is C34H29NO11. The number of nitro groups is 1. The van der Waals surface area contributed by atoms with Crippen molar-refractivity contribution in [3.63, 3.8) is 0 Å². The van der Waals surface area contributed by atoms with Crippen molar-refractivity contribution in [1.29, 1.82) is 0 Å². The second-order valence-corrected chi connectivity index (χ2v) is 10.0. The van der Waals surface area contributed by atoms with Crippen LogP contribution >= 0.6 is 0 Å². The zero-order chi connectivity index (χ0) is 32.5. The molecule has 0 spiro atoms. The van der Waals surface area contributed by atoms with Crippen molar-refractivity contribution < 1.29 is 47.7 Å². The monoisotopic (exact) mass is 627 g/mol. The third kappa shape index (κ3) is 7.73. The minimum atomic E-state index is -1.34. The average Bonchev–Trinajstić information content (AvgIpc) is 3.09. The summed E-state index contributed by atoms with van der Waals surface area (Å²) in [6, 6.07) is 29.8. The van der Waals surface area contributed by atoms with Gasteiger partial charge in [0.2, 0.25) is 6.29 Å². The highest BCUT2D eigenvalue weighted by Crippen LogP contribution is 2.32. The number of nitro benzene ring substituents is 1. The Bertz CT molecular complexity index is 1630. The van der Waals surface area contributed by atoms with Gasteiger partial charge < -0.3 is 28.4 Å². The Balaban J connectivity index is 1.49. The van der Waals surface area contributed by atoms with Crippen molar-refractivity contribution in [3.05, 3.63) is 142 Å². The number of rotatable bonds is 11. The topological polar surface area (TPSA) is 150 Å². The van der Waals surface area contributed by atoms with Crippen LogP contribution in [0.1, 0.15) is 31.1 Å². The highest BCUT2D eigenvalue weighted by molar-refractivity contribution is 5.91. The minimum Gasteiger partial charge on any atom is -0.462 e. The van der Waals surface area contributed by atoms with E-state index in [0.717, 1.165) is 0 Å². The summed E-state index contributed by atoms with van der Waals surface area (Å²) in [5.74, 6) is -1.99. The number of esters is 3. The van der Waals surface area contributed by atoms with Crippen LogP contribution < -0.4 is 4.74 Å². The van der Waals surface area contributed by atoms with Crippen molar-refractivity contribution in [3.8, 4) is 5.75 Å². The Kier molecular flexibility index (Phi) is 10.3. The summed E-state index contributed by atoms with van der Waals surface area (Å²) in [6.45, 7) is -0.434. The first-order valence-corrected chi connectivity index (χ1v) is 14.2. The fraction of sp³-hybridized carbons (Fsp3) is 0.206. The number of hydrogen-bond donors (Lipinski definition) is 0. The van der Waals surface area contributed by atoms with E-state index in [1.54, 1.807) is 91.0 Å². The quantitative estimate of drug-likeness (QED) is 0.0954. The maximum absolute atomic E-state index is 13.4. The van der Waals surface area contributed by atoms with E-state index >= 15 is 0 Å². The highest BCUT2D eigenvalue weighted by atomic mass is 16.7. The lowest BCUT2D eigenvalue weighted by Crippen LogP contribution is -2.63. The van der Waals surface area contributed by atoms with Crippen LogP contribution in [0.5, 0.6) is 5.75 Å². The summed E-state index contributed by atoms with van der Waals surface area (Å²) >= 11 is 0. The summed E-state index contributed by atoms with van der Waals surface area (Å²) in [7, 11) is 1.33. The number of benzene rings is 4. The molecule has 0 saturated carbocycles. The normalized spacial score (nSPS) is 20.6. The molecule has 0 aliphatic carbocycles. The molecule has 0 bridgehead atoms. The van der Waals surface area contributed by atoms with Crippen LogP contribution in [0.15, 0.2) is 115 Å². The molecule has 0 radical (unpaired) electrons. The molecule has 1 aliphatic heterocycles. The Labute approximate surface area is 263 Å². The van der Waals surface area contributed by atoms with Gasteiger partial charge in [-0.05, 0) is 48.5 Å². The molecule has 4 aromatic carbocycles. The summed E-state index contributed by atoms with van der Waals surface area (Å²) in [4.78, 5) is 50.1. The fourth-order valence-electron chi connectivity index (χ4n) is 4.76. The molecule has 236 valence electrons. The second kappa shape index (κ2) is 14.9. The number of hydrogen-bond acceptors (Lipinski definition) is 11. The molecule has 0 N–H and O–H groups in total. The lowest BCUT2D eigenvalue weighted by atomic mass is 9.97. The van der Waals surface area contributed by atoms with Crippen LogP contribution in [0.25, 0.3) is 0 Å². The molecule has 5 rings (SSSR count). The van der Waals surface area contributed by atoms with E-state index in [2.05, 4.69) is 0 Å². The number of ether oxygens (including phenoxy) is 6. The molecule has 0 aromatic heterocycles. The Hall–Kier alpha value is -5.59. The fourth-order valence-corrected chi connectivity index (χ4v) is 4.76. The largest absolute Gasteiger partial charge is 0.462 e. The number of non-ortho nitro benzene ring substituents is 1. The first-order valence-electron chi connectivity index (χ1n) is 14.2. The number of carbonyl (C=O) groups is 3. The lowest BCUT2D eigenvalue weighted by molar-refractivity contribution is -0.384. The third-order valence-corrected chi connectivity index (χ3v) is 7.06. The van der Waals surface area contributed by atoms with Gasteiger partial charge >= 0.3 is 17.9 Å². The molecule has 4 aromatic rings. The minimum absolute atomic E-state index is 0.159. The molecule has 12 heteroatoms. The predicted molar refractivity (Wildman–Crippen MR) is 161 cm³/mol. The van der Waals surface area contributed by atoms with Gasteiger partial charge in [0.15, 0.2) is 18.3 Å². The van der Waals surface area contributed by atoms with Crippen molar-refractivity contribution >= 4 is 23.6 Å². The molecule has 1 heterocycles. The molecule has 1 saturated heterocycles. The van der Waals surface area contributed by atoms with Crippen LogP contribution in [-0.4, -0.2) is 67.3 Å². The first-order chi connectivity index (χ1) is 22.3. The van der Waals surface area contributed by atoms with Gasteiger partial charge in [0.1, 0.15) is 18.5 Å². The van der Waals surface area contributed by atoms with Gasteiger partial charge in [0.05, 0.1) is 21.6 Å². The van der Waals surface area contributed by atoms with Gasteiger partial charge in [-0.2, -0.15) is 0 Å². The van der Waals surface area contributed by atoms with Gasteiger partial charge in [-0.1, -0.05) is 54.6 Å². The van der Waals surface area contributed by atoms with Gasteiger partial charge in [-0.15, -0.1) is 0 Å². The zero-order valence-electron chi connectivity index (χ0n) is 24.5. The smallest absolute Gasteiger partial charge is 0.338 e. The van der Waals surface area contributed by atoms with E-state index in [1.165, 1.54) is 31.4 Å². The average molecular weight is 628 g/mol. The van der Waals surface area contributed by atoms with Gasteiger partial charge in [-0.25, -0.2) is 14.4 Å². The van der Waals surface area contributed by atoms with E-state index in [0.29, 0.717) is 0 Å². The summed E-state index contributed by atoms with van der Waals surface area (Å²) in [5.41, 5.74) is 0.552. The maximum atomic E-state index is 13.4. The van der Waals surface area contributed by atoms with E-state index in [9.17, 15) is 24.5 Å². The van der Waals surface area contributed by atoms with E-state index < -0.39 is 60.1 Å². The number of nitrogens with zero attached hydrogens (tertiary/aromatic N) is 1. The van der Waals surface area contributed by atoms with Crippen molar-refractivity contribution in [2.75, 3.05) is 13.7 Å². The molecule has 0 amide bonds. The summed E-state index contributed by atoms with van der Waals surface area (Å²) < 4.78 is 35.4. The van der Waals surface area contributed by atoms with Crippen molar-refractivity contribution in [2.24, 2.45) is 0 Å². The summed E-state index contributed by atoms with van der Waals surface area (Å²) in [5, 5.41) is 11.2. The molecular weight excluding hydrogens is 598 g/mol. The van der Waals surface area contributed by atoms with Crippen molar-refractivity contribution in [1.82, 2.24) is 0 Å². The van der Waals surface area contributed by atoms with Crippen LogP contribution in [0.4, 0.5) is 5.69 Å². The van der Waals surface area contributed by atoms with Crippen molar-refractivity contribution in [2.45, 2.75) is 30.7 Å². The zero-order valence-corrected chi connectivity index (χ0v) is 24.5. The maximum Gasteiger partial charge on any atom is 0.338 e. The Morgan fingerprint density at radius 2 is 1.15 bits per heavy atom. The highest BCUT2D eigenvalue weighted by Gasteiger charge is 2.52. The Morgan fingerprint density at radius 3 is 1.63 bits per heavy atom. The lowest BCUT2D eigenvalue weighted by Gasteiger charge is -2.44. The van der Waals surface area contributed by atoms with E-state index in [1.807, 2.05) is 0 Å². The molecule has 1 fully saturated rings. The molecule has 5 atom stereocenters. The van der Waals surface area contributed by atoms with Crippen LogP contribution in [0, 0.1) is 10.1 Å². The van der Waals surface area contributed by atoms with Crippen LogP contribution in [0.2, 0.25) is 0 Å². The second-order valence-electron chi connectivity index (χ2n) is 10.0. The van der Waals surface area contributed by atoms with Gasteiger partial charge in [-0.3, -0.25) is 10.1 Å². The predicted octanol–water partition coefficient (Wildman–Crippen LogP) is 5.02. The summed E-state index contributed by atoms with van der Waals surface area (Å²) in [6.07, 6.45) is -6.39. The van der Waals surface area contributed by atoms with E-state index in [4.69, 9.17) is 28.4 Å². The first kappa shape index (κ1) is 31.8. The van der Waals surface area contributed by atoms with E-state index in [-0.39, 0.29) is 28.1 Å². The number of carbonyl (C=O) groups excluding carboxylic acids is 3. The SMILES string of the molecule is CO[C@H]1[C@@H](Oc2ccc([N+](=O)[O-])cc2)O[C@H](COC(=O)c2ccccc2)[C@H](OC(=O)c2ccccc2)[C@@H]1OC(=O)c1ccccc1. The number of methoxy groups -OCH3 is 1. The molecule has 1 aliphatic rings. The van der Waals surface area contributed by atoms with Crippen LogP contribution in [0.3, 0.4) is 0 Å². The standard InChI is InChI=1S/C34H29NO11/c1-41-30-29(46-33(38)24-15-9-4-10-16-24)28(45-32(37)23-13-7-3-8-14-23)27(21-42-31(36)22-11-5-2-6-12-22)44-34(30)43-26-19-17-25(18-20-26)35(39)40/h2-20,27-30,34H,21H2,1H3/t27-,28+,29+,30-,34+/m1/s1. The molecule has 46 heavy (non-hydrogen) atoms. The Morgan fingerprint density at radius 1 is 0.674 bits per heavy atom. The third-order valence-electron chi connectivity index (χ3n) is 7.06. The molecule has 0 unspecified atom stereocenters. The van der Waals surface area contributed by atoms with Gasteiger partial charge in [0.25, 0.3) is 5.69 Å². The molecule has 12 nitrogen and oxygen atoms in total. The van der Waals surface area contributed by atoms with Crippen LogP contribution in [-0.2, 0) is 23.7 Å².